The van der Waals surface area contributed by atoms with Gasteiger partial charge < -0.3 is 0 Å². The Morgan fingerprint density at radius 3 is 2.61 bits per heavy atom. The van der Waals surface area contributed by atoms with E-state index in [1.165, 1.54) is 23.6 Å². The van der Waals surface area contributed by atoms with Crippen molar-refractivity contribution in [2.75, 3.05) is 17.8 Å². The van der Waals surface area contributed by atoms with Crippen molar-refractivity contribution < 1.29 is 8.42 Å². The quantitative estimate of drug-likeness (QED) is 0.509. The summed E-state index contributed by atoms with van der Waals surface area (Å²) in [5.74, 6) is 0.640. The highest BCUT2D eigenvalue weighted by Gasteiger charge is 2.14. The van der Waals surface area contributed by atoms with E-state index in [2.05, 4.69) is 46.5 Å². The molecular formula is C16H16N2O2S3. The largest absolute Gasteiger partial charge is 0.229 e. The maximum atomic E-state index is 11.3. The number of rotatable bonds is 5. The number of thiophene rings is 1. The lowest BCUT2D eigenvalue weighted by Crippen LogP contribution is -2.05. The van der Waals surface area contributed by atoms with Crippen LogP contribution in [0.15, 0.2) is 41.0 Å². The topological polar surface area (TPSA) is 59.9 Å². The van der Waals surface area contributed by atoms with Crippen LogP contribution < -0.4 is 0 Å². The molecule has 0 radical (unpaired) electrons. The fraction of sp³-hybridized carbons (Fsp3) is 0.250. The third-order valence-electron chi connectivity index (χ3n) is 3.39. The van der Waals surface area contributed by atoms with Gasteiger partial charge in [0.25, 0.3) is 0 Å². The van der Waals surface area contributed by atoms with E-state index in [4.69, 9.17) is 0 Å². The molecule has 3 aromatic rings. The number of aryl methyl sites for hydroxylation is 1. The third-order valence-corrected chi connectivity index (χ3v) is 6.47. The summed E-state index contributed by atoms with van der Waals surface area (Å²) >= 11 is 3.05. The summed E-state index contributed by atoms with van der Waals surface area (Å²) in [4.78, 5) is 9.63. The Morgan fingerprint density at radius 1 is 1.17 bits per heavy atom. The summed E-state index contributed by atoms with van der Waals surface area (Å²) in [7, 11) is -2.96. The zero-order chi connectivity index (χ0) is 16.4. The number of hydrogen-bond acceptors (Lipinski definition) is 6. The first-order valence-electron chi connectivity index (χ1n) is 7.04. The van der Waals surface area contributed by atoms with Crippen molar-refractivity contribution in [1.82, 2.24) is 9.97 Å². The van der Waals surface area contributed by atoms with Gasteiger partial charge in [0.05, 0.1) is 11.1 Å². The Morgan fingerprint density at radius 2 is 1.91 bits per heavy atom. The van der Waals surface area contributed by atoms with Crippen molar-refractivity contribution in [3.8, 4) is 11.1 Å². The van der Waals surface area contributed by atoms with Crippen LogP contribution in [0.4, 0.5) is 0 Å². The van der Waals surface area contributed by atoms with Gasteiger partial charge in [-0.05, 0) is 12.5 Å². The van der Waals surface area contributed by atoms with Crippen molar-refractivity contribution in [3.63, 3.8) is 0 Å². The average molecular weight is 365 g/mol. The molecule has 120 valence electrons. The summed E-state index contributed by atoms with van der Waals surface area (Å²) in [5, 5.41) is 3.94. The summed E-state index contributed by atoms with van der Waals surface area (Å²) < 4.78 is 22.6. The number of aromatic nitrogens is 2. The van der Waals surface area contributed by atoms with E-state index in [9.17, 15) is 8.42 Å². The van der Waals surface area contributed by atoms with E-state index in [0.717, 1.165) is 26.4 Å². The van der Waals surface area contributed by atoms with E-state index >= 15 is 0 Å². The third kappa shape index (κ3) is 3.91. The van der Waals surface area contributed by atoms with Crippen molar-refractivity contribution in [3.05, 3.63) is 41.5 Å². The Kier molecular flexibility index (Phi) is 4.70. The first-order valence-corrected chi connectivity index (χ1v) is 11.0. The van der Waals surface area contributed by atoms with Gasteiger partial charge in [0.1, 0.15) is 26.0 Å². The smallest absolute Gasteiger partial charge is 0.148 e. The Balaban J connectivity index is 1.99. The van der Waals surface area contributed by atoms with Crippen LogP contribution in [0.1, 0.15) is 5.56 Å². The van der Waals surface area contributed by atoms with Gasteiger partial charge in [0.15, 0.2) is 0 Å². The van der Waals surface area contributed by atoms with Crippen LogP contribution in [0.25, 0.3) is 21.3 Å². The number of sulfone groups is 1. The van der Waals surface area contributed by atoms with Gasteiger partial charge in [0.2, 0.25) is 0 Å². The fourth-order valence-electron chi connectivity index (χ4n) is 2.19. The number of thioether (sulfide) groups is 1. The molecule has 0 N–H and O–H groups in total. The van der Waals surface area contributed by atoms with Gasteiger partial charge in [0, 0.05) is 23.0 Å². The highest BCUT2D eigenvalue weighted by molar-refractivity contribution is 8.00. The SMILES string of the molecule is Cc1ccc(-c2csc3ncnc(SCCS(C)(=O)=O)c23)cc1. The van der Waals surface area contributed by atoms with E-state index in [1.807, 2.05) is 0 Å². The Labute approximate surface area is 143 Å². The molecule has 0 amide bonds. The van der Waals surface area contributed by atoms with Crippen LogP contribution >= 0.6 is 23.1 Å². The van der Waals surface area contributed by atoms with Crippen LogP contribution in [-0.4, -0.2) is 36.1 Å². The molecule has 0 unspecified atom stereocenters. The molecule has 0 aliphatic rings. The number of benzene rings is 1. The monoisotopic (exact) mass is 364 g/mol. The molecule has 0 aliphatic carbocycles. The van der Waals surface area contributed by atoms with Gasteiger partial charge in [-0.1, -0.05) is 29.8 Å². The molecule has 7 heteroatoms. The predicted molar refractivity (Wildman–Crippen MR) is 98.0 cm³/mol. The molecule has 0 fully saturated rings. The van der Waals surface area contributed by atoms with Crippen molar-refractivity contribution in [1.29, 1.82) is 0 Å². The molecule has 2 heterocycles. The molecular weight excluding hydrogens is 348 g/mol. The van der Waals surface area contributed by atoms with Crippen molar-refractivity contribution in [2.45, 2.75) is 11.9 Å². The van der Waals surface area contributed by atoms with Crippen LogP contribution in [0.3, 0.4) is 0 Å². The molecule has 0 saturated carbocycles. The second-order valence-electron chi connectivity index (χ2n) is 5.35. The minimum Gasteiger partial charge on any atom is -0.229 e. The van der Waals surface area contributed by atoms with Gasteiger partial charge >= 0.3 is 0 Å². The van der Waals surface area contributed by atoms with Crippen molar-refractivity contribution >= 4 is 43.2 Å². The van der Waals surface area contributed by atoms with Crippen LogP contribution in [0.2, 0.25) is 0 Å². The minimum absolute atomic E-state index is 0.146. The average Bonchev–Trinajstić information content (AvgIpc) is 2.92. The van der Waals surface area contributed by atoms with Crippen molar-refractivity contribution in [2.24, 2.45) is 0 Å². The first-order chi connectivity index (χ1) is 10.9. The fourth-order valence-corrected chi connectivity index (χ4v) is 5.38. The van der Waals surface area contributed by atoms with Crippen LogP contribution in [0, 0.1) is 6.92 Å². The van der Waals surface area contributed by atoms with Gasteiger partial charge in [-0.3, -0.25) is 0 Å². The molecule has 4 nitrogen and oxygen atoms in total. The summed E-state index contributed by atoms with van der Waals surface area (Å²) in [5.41, 5.74) is 3.45. The zero-order valence-corrected chi connectivity index (χ0v) is 15.3. The van der Waals surface area contributed by atoms with E-state index in [1.54, 1.807) is 17.7 Å². The van der Waals surface area contributed by atoms with Gasteiger partial charge in [-0.15, -0.1) is 23.1 Å². The molecule has 0 aliphatic heterocycles. The lowest BCUT2D eigenvalue weighted by molar-refractivity contribution is 0.603. The van der Waals surface area contributed by atoms with E-state index in [0.29, 0.717) is 5.75 Å². The highest BCUT2D eigenvalue weighted by atomic mass is 32.2. The van der Waals surface area contributed by atoms with Gasteiger partial charge in [-0.2, -0.15) is 0 Å². The molecule has 2 aromatic heterocycles. The first kappa shape index (κ1) is 16.4. The second-order valence-corrected chi connectivity index (χ2v) is 9.55. The molecule has 0 saturated heterocycles. The van der Waals surface area contributed by atoms with E-state index < -0.39 is 9.84 Å². The standard InChI is InChI=1S/C16H16N2O2S3/c1-11-3-5-12(6-4-11)13-9-22-16-14(13)15(17-10-18-16)21-7-8-23(2,19)20/h3-6,9-10H,7-8H2,1-2H3. The number of nitrogens with zero attached hydrogens (tertiary/aromatic N) is 2. The predicted octanol–water partition coefficient (Wildman–Crippen LogP) is 3.80. The van der Waals surface area contributed by atoms with Gasteiger partial charge in [-0.25, -0.2) is 18.4 Å². The number of hydrogen-bond donors (Lipinski definition) is 0. The van der Waals surface area contributed by atoms with E-state index in [-0.39, 0.29) is 5.75 Å². The second kappa shape index (κ2) is 6.59. The van der Waals surface area contributed by atoms with Crippen LogP contribution in [0.5, 0.6) is 0 Å². The lowest BCUT2D eigenvalue weighted by atomic mass is 10.1. The molecule has 0 spiro atoms. The summed E-state index contributed by atoms with van der Waals surface area (Å²) in [6, 6.07) is 8.35. The minimum atomic E-state index is -2.96. The molecule has 0 atom stereocenters. The Bertz CT molecular complexity index is 932. The summed E-state index contributed by atoms with van der Waals surface area (Å²) in [6.07, 6.45) is 2.80. The zero-order valence-electron chi connectivity index (χ0n) is 12.8. The summed E-state index contributed by atoms with van der Waals surface area (Å²) in [6.45, 7) is 2.06. The highest BCUT2D eigenvalue weighted by Crippen LogP contribution is 2.37. The molecule has 23 heavy (non-hydrogen) atoms. The maximum absolute atomic E-state index is 11.3. The Hall–Kier alpha value is -1.44. The normalized spacial score (nSPS) is 11.9. The maximum Gasteiger partial charge on any atom is 0.148 e. The molecule has 3 rings (SSSR count). The molecule has 0 bridgehead atoms. The molecule has 1 aromatic carbocycles. The van der Waals surface area contributed by atoms with Crippen LogP contribution in [-0.2, 0) is 9.84 Å². The number of fused-ring (bicyclic) bond motifs is 1. The lowest BCUT2D eigenvalue weighted by Gasteiger charge is -2.05.